The first-order valence-electron chi connectivity index (χ1n) is 13.6. The van der Waals surface area contributed by atoms with E-state index in [1.165, 1.54) is 87.3 Å². The standard InChI is InChI=1S/C32H36F4O2/c1-3-4-5-22-6-8-23(9-7-22)10-11-24-12-14-25(15-13-24)28-20-29(33)30(34)31(21(28)2)37-26-16-18-27(19-17-26)38-32(35)36/h12-20,22-23,32H,3-11H2,1-2H3/t22-,23-. The van der Waals surface area contributed by atoms with Gasteiger partial charge in [0.05, 0.1) is 0 Å². The van der Waals surface area contributed by atoms with Crippen molar-refractivity contribution in [1.82, 2.24) is 0 Å². The molecule has 1 aliphatic carbocycles. The Morgan fingerprint density at radius 2 is 1.45 bits per heavy atom. The summed E-state index contributed by atoms with van der Waals surface area (Å²) in [5.74, 6) is -0.517. The third-order valence-corrected chi connectivity index (χ3v) is 7.73. The topological polar surface area (TPSA) is 18.5 Å². The number of alkyl halides is 2. The van der Waals surface area contributed by atoms with Crippen LogP contribution in [0.5, 0.6) is 17.2 Å². The molecule has 0 N–H and O–H groups in total. The van der Waals surface area contributed by atoms with Gasteiger partial charge >= 0.3 is 6.61 Å². The Morgan fingerprint density at radius 1 is 0.842 bits per heavy atom. The van der Waals surface area contributed by atoms with Gasteiger partial charge in [-0.15, -0.1) is 0 Å². The molecule has 4 rings (SSSR count). The number of unbranched alkanes of at least 4 members (excludes halogenated alkanes) is 1. The van der Waals surface area contributed by atoms with Crippen molar-refractivity contribution in [2.75, 3.05) is 0 Å². The maximum absolute atomic E-state index is 14.7. The highest BCUT2D eigenvalue weighted by atomic mass is 19.3. The van der Waals surface area contributed by atoms with E-state index in [0.29, 0.717) is 11.1 Å². The Kier molecular flexibility index (Phi) is 9.70. The minimum Gasteiger partial charge on any atom is -0.454 e. The summed E-state index contributed by atoms with van der Waals surface area (Å²) in [6.45, 7) is 0.983. The van der Waals surface area contributed by atoms with Crippen LogP contribution in [0.15, 0.2) is 54.6 Å². The molecule has 0 bridgehead atoms. The molecule has 3 aromatic carbocycles. The summed E-state index contributed by atoms with van der Waals surface area (Å²) in [6.07, 6.45) is 11.6. The van der Waals surface area contributed by atoms with Crippen molar-refractivity contribution < 1.29 is 27.0 Å². The number of rotatable bonds is 11. The molecule has 1 saturated carbocycles. The molecule has 0 saturated heterocycles. The molecule has 0 radical (unpaired) electrons. The van der Waals surface area contributed by atoms with Gasteiger partial charge in [0, 0.05) is 5.56 Å². The van der Waals surface area contributed by atoms with Crippen LogP contribution in [0.3, 0.4) is 0 Å². The molecule has 204 valence electrons. The highest BCUT2D eigenvalue weighted by Gasteiger charge is 2.21. The van der Waals surface area contributed by atoms with Crippen LogP contribution in [-0.4, -0.2) is 6.61 Å². The minimum atomic E-state index is -2.95. The van der Waals surface area contributed by atoms with Crippen molar-refractivity contribution in [2.24, 2.45) is 11.8 Å². The van der Waals surface area contributed by atoms with Crippen molar-refractivity contribution in [3.8, 4) is 28.4 Å². The first kappa shape index (κ1) is 28.0. The van der Waals surface area contributed by atoms with Gasteiger partial charge in [-0.05, 0) is 78.6 Å². The number of hydrogen-bond donors (Lipinski definition) is 0. The Hall–Kier alpha value is -3.02. The van der Waals surface area contributed by atoms with Crippen LogP contribution >= 0.6 is 0 Å². The molecule has 38 heavy (non-hydrogen) atoms. The third-order valence-electron chi connectivity index (χ3n) is 7.73. The summed E-state index contributed by atoms with van der Waals surface area (Å²) in [4.78, 5) is 0. The monoisotopic (exact) mass is 528 g/mol. The summed E-state index contributed by atoms with van der Waals surface area (Å²) in [5, 5.41) is 0. The molecule has 0 aliphatic heterocycles. The highest BCUT2D eigenvalue weighted by Crippen LogP contribution is 2.38. The Morgan fingerprint density at radius 3 is 2.05 bits per heavy atom. The molecule has 2 nitrogen and oxygen atoms in total. The number of hydrogen-bond acceptors (Lipinski definition) is 2. The summed E-state index contributed by atoms with van der Waals surface area (Å²) in [6, 6.07) is 14.5. The lowest BCUT2D eigenvalue weighted by atomic mass is 9.78. The summed E-state index contributed by atoms with van der Waals surface area (Å²) < 4.78 is 64.0. The molecular weight excluding hydrogens is 492 g/mol. The zero-order valence-electron chi connectivity index (χ0n) is 22.1. The summed E-state index contributed by atoms with van der Waals surface area (Å²) in [5.41, 5.74) is 3.00. The lowest BCUT2D eigenvalue weighted by molar-refractivity contribution is -0.0498. The molecule has 1 aliphatic rings. The van der Waals surface area contributed by atoms with Crippen molar-refractivity contribution in [2.45, 2.75) is 78.2 Å². The lowest BCUT2D eigenvalue weighted by Gasteiger charge is -2.28. The largest absolute Gasteiger partial charge is 0.454 e. The van der Waals surface area contributed by atoms with E-state index in [0.717, 1.165) is 23.8 Å². The summed E-state index contributed by atoms with van der Waals surface area (Å²) in [7, 11) is 0. The van der Waals surface area contributed by atoms with E-state index < -0.39 is 18.2 Å². The first-order valence-corrected chi connectivity index (χ1v) is 13.6. The normalized spacial score (nSPS) is 17.6. The van der Waals surface area contributed by atoms with Gasteiger partial charge in [-0.3, -0.25) is 0 Å². The SMILES string of the molecule is CCCC[C@H]1CC[C@H](CCc2ccc(-c3cc(F)c(F)c(Oc4ccc(OC(F)F)cc4)c3C)cc2)CC1. The van der Waals surface area contributed by atoms with Gasteiger partial charge < -0.3 is 9.47 Å². The van der Waals surface area contributed by atoms with Crippen molar-refractivity contribution >= 4 is 0 Å². The quantitative estimate of drug-likeness (QED) is 0.231. The second-order valence-corrected chi connectivity index (χ2v) is 10.4. The van der Waals surface area contributed by atoms with E-state index >= 15 is 0 Å². The average molecular weight is 529 g/mol. The van der Waals surface area contributed by atoms with Crippen LogP contribution in [0.25, 0.3) is 11.1 Å². The molecule has 6 heteroatoms. The lowest BCUT2D eigenvalue weighted by Crippen LogP contribution is -2.15. The smallest absolute Gasteiger partial charge is 0.387 e. The van der Waals surface area contributed by atoms with Crippen molar-refractivity contribution in [3.05, 3.63) is 77.4 Å². The number of ether oxygens (including phenoxy) is 2. The molecule has 0 heterocycles. The van der Waals surface area contributed by atoms with Crippen LogP contribution in [-0.2, 0) is 6.42 Å². The van der Waals surface area contributed by atoms with E-state index in [9.17, 15) is 17.6 Å². The van der Waals surface area contributed by atoms with Gasteiger partial charge in [-0.25, -0.2) is 4.39 Å². The number of aryl methyl sites for hydroxylation is 1. The van der Waals surface area contributed by atoms with Crippen LogP contribution in [0.4, 0.5) is 17.6 Å². The predicted octanol–water partition coefficient (Wildman–Crippen LogP) is 10.3. The zero-order valence-corrected chi connectivity index (χ0v) is 22.1. The number of halogens is 4. The highest BCUT2D eigenvalue weighted by molar-refractivity contribution is 5.70. The van der Waals surface area contributed by atoms with Crippen molar-refractivity contribution in [1.29, 1.82) is 0 Å². The average Bonchev–Trinajstić information content (AvgIpc) is 2.92. The van der Waals surface area contributed by atoms with Gasteiger partial charge in [0.2, 0.25) is 5.82 Å². The maximum atomic E-state index is 14.7. The fourth-order valence-electron chi connectivity index (χ4n) is 5.45. The molecule has 0 atom stereocenters. The van der Waals surface area contributed by atoms with Gasteiger partial charge in [-0.1, -0.05) is 76.1 Å². The minimum absolute atomic E-state index is 0.0516. The van der Waals surface area contributed by atoms with Gasteiger partial charge in [0.15, 0.2) is 11.6 Å². The van der Waals surface area contributed by atoms with Gasteiger partial charge in [-0.2, -0.15) is 13.2 Å². The fourth-order valence-corrected chi connectivity index (χ4v) is 5.45. The zero-order chi connectivity index (χ0) is 27.1. The molecule has 0 amide bonds. The molecule has 3 aromatic rings. The van der Waals surface area contributed by atoms with E-state index in [2.05, 4.69) is 23.8 Å². The van der Waals surface area contributed by atoms with Gasteiger partial charge in [0.25, 0.3) is 0 Å². The number of benzene rings is 3. The van der Waals surface area contributed by atoms with E-state index in [4.69, 9.17) is 4.74 Å². The van der Waals surface area contributed by atoms with Crippen LogP contribution in [0.1, 0.15) is 69.4 Å². The Labute approximate surface area is 223 Å². The maximum Gasteiger partial charge on any atom is 0.387 e. The Bertz CT molecular complexity index is 1170. The molecule has 0 spiro atoms. The molecule has 0 aromatic heterocycles. The van der Waals surface area contributed by atoms with E-state index in [-0.39, 0.29) is 17.2 Å². The van der Waals surface area contributed by atoms with Crippen LogP contribution in [0, 0.1) is 30.4 Å². The summed E-state index contributed by atoms with van der Waals surface area (Å²) >= 11 is 0. The van der Waals surface area contributed by atoms with Crippen LogP contribution in [0.2, 0.25) is 0 Å². The molecule has 1 fully saturated rings. The predicted molar refractivity (Wildman–Crippen MR) is 143 cm³/mol. The van der Waals surface area contributed by atoms with Crippen LogP contribution < -0.4 is 9.47 Å². The third kappa shape index (κ3) is 7.30. The van der Waals surface area contributed by atoms with Crippen molar-refractivity contribution in [3.63, 3.8) is 0 Å². The fraction of sp³-hybridized carbons (Fsp3) is 0.438. The van der Waals surface area contributed by atoms with E-state index in [1.807, 2.05) is 12.1 Å². The van der Waals surface area contributed by atoms with Gasteiger partial charge in [0.1, 0.15) is 11.5 Å². The molecular formula is C32H36F4O2. The second kappa shape index (κ2) is 13.2. The Balaban J connectivity index is 1.41. The first-order chi connectivity index (χ1) is 18.3. The second-order valence-electron chi connectivity index (χ2n) is 10.4. The van der Waals surface area contributed by atoms with E-state index in [1.54, 1.807) is 6.92 Å². The molecule has 0 unspecified atom stereocenters.